The van der Waals surface area contributed by atoms with Gasteiger partial charge in [-0.05, 0) is 69.3 Å². The van der Waals surface area contributed by atoms with Crippen molar-refractivity contribution in [1.29, 1.82) is 0 Å². The lowest BCUT2D eigenvalue weighted by Crippen LogP contribution is -2.44. The van der Waals surface area contributed by atoms with E-state index in [1.165, 1.54) is 0 Å². The Bertz CT molecular complexity index is 1150. The van der Waals surface area contributed by atoms with E-state index in [0.29, 0.717) is 38.3 Å². The van der Waals surface area contributed by atoms with Gasteiger partial charge in [-0.3, -0.25) is 4.79 Å². The lowest BCUT2D eigenvalue weighted by Gasteiger charge is -2.34. The number of carbonyl (C=O) groups is 1. The van der Waals surface area contributed by atoms with E-state index in [4.69, 9.17) is 0 Å². The minimum absolute atomic E-state index is 0.0276. The summed E-state index contributed by atoms with van der Waals surface area (Å²) in [6.07, 6.45) is 4.22. The van der Waals surface area contributed by atoms with Crippen LogP contribution >= 0.6 is 0 Å². The number of hydrogen-bond acceptors (Lipinski definition) is 5. The summed E-state index contributed by atoms with van der Waals surface area (Å²) in [5.41, 5.74) is 2.31. The second kappa shape index (κ2) is 20.3. The summed E-state index contributed by atoms with van der Waals surface area (Å²) in [5.74, 6) is 0.468. The largest absolute Gasteiger partial charge is 0.419 e. The van der Waals surface area contributed by atoms with Crippen molar-refractivity contribution in [2.24, 2.45) is 10.9 Å². The van der Waals surface area contributed by atoms with Gasteiger partial charge >= 0.3 is 6.18 Å². The number of halogens is 3. The Balaban J connectivity index is 2.19. The molecule has 46 heavy (non-hydrogen) atoms. The van der Waals surface area contributed by atoms with Gasteiger partial charge in [0.05, 0.1) is 5.57 Å². The van der Waals surface area contributed by atoms with Gasteiger partial charge in [0.25, 0.3) is 0 Å². The molecule has 1 atom stereocenters. The Morgan fingerprint density at radius 2 is 1.78 bits per heavy atom. The average Bonchev–Trinajstić information content (AvgIpc) is 3.01. The molecule has 2 N–H and O–H groups in total. The normalized spacial score (nSPS) is 16.0. The maximum atomic E-state index is 14.4. The van der Waals surface area contributed by atoms with E-state index in [2.05, 4.69) is 58.5 Å². The van der Waals surface area contributed by atoms with E-state index in [9.17, 15) is 18.0 Å². The molecule has 0 spiro atoms. The molecule has 1 heterocycles. The predicted octanol–water partition coefficient (Wildman–Crippen LogP) is 8.01. The van der Waals surface area contributed by atoms with Crippen molar-refractivity contribution in [2.75, 3.05) is 63.1 Å². The first kappa shape index (κ1) is 39.2. The highest BCUT2D eigenvalue weighted by Gasteiger charge is 2.36. The van der Waals surface area contributed by atoms with Crippen LogP contribution in [0, 0.1) is 5.92 Å². The monoisotopic (exact) mass is 648 g/mol. The Morgan fingerprint density at radius 1 is 1.07 bits per heavy atom. The fraction of sp³-hybridized carbons (Fsp3) is 0.667. The number of amidine groups is 1. The number of likely N-dealkylation sites (N-methyl/N-ethyl adjacent to an activating group) is 1. The quantitative estimate of drug-likeness (QED) is 0.0731. The Hall–Kier alpha value is -3.01. The number of aryl methyl sites for hydroxylation is 1. The highest BCUT2D eigenvalue weighted by atomic mass is 19.4. The van der Waals surface area contributed by atoms with Gasteiger partial charge in [-0.1, -0.05) is 60.0 Å². The van der Waals surface area contributed by atoms with Gasteiger partial charge in [0.15, 0.2) is 0 Å². The fourth-order valence-corrected chi connectivity index (χ4v) is 5.50. The molecule has 1 aliphatic heterocycles. The van der Waals surface area contributed by atoms with Crippen LogP contribution < -0.4 is 15.5 Å². The summed E-state index contributed by atoms with van der Waals surface area (Å²) in [7, 11) is 2.13. The molecule has 1 aromatic carbocycles. The number of allylic oxidation sites excluding steroid dienone is 2. The number of aliphatic imine (C=N–C) groups is 1. The van der Waals surface area contributed by atoms with Gasteiger partial charge in [0.1, 0.15) is 5.84 Å². The lowest BCUT2D eigenvalue weighted by atomic mass is 10.1. The van der Waals surface area contributed by atoms with Crippen molar-refractivity contribution < 1.29 is 18.0 Å². The van der Waals surface area contributed by atoms with Gasteiger partial charge in [0, 0.05) is 75.5 Å². The topological polar surface area (TPSA) is 63.2 Å². The average molecular weight is 649 g/mol. The minimum Gasteiger partial charge on any atom is -0.384 e. The zero-order chi connectivity index (χ0) is 34.1. The molecule has 1 saturated heterocycles. The highest BCUT2D eigenvalue weighted by molar-refractivity contribution is 5.95. The van der Waals surface area contributed by atoms with Crippen LogP contribution in [-0.4, -0.2) is 80.6 Å². The van der Waals surface area contributed by atoms with Gasteiger partial charge < -0.3 is 25.3 Å². The molecule has 260 valence electrons. The number of anilines is 2. The first-order chi connectivity index (χ1) is 21.9. The molecule has 0 radical (unpaired) electrons. The van der Waals surface area contributed by atoms with Crippen LogP contribution in [0.5, 0.6) is 0 Å². The third kappa shape index (κ3) is 13.4. The molecule has 7 nitrogen and oxygen atoms in total. The number of rotatable bonds is 18. The van der Waals surface area contributed by atoms with E-state index in [1.807, 2.05) is 31.7 Å². The van der Waals surface area contributed by atoms with Crippen molar-refractivity contribution in [1.82, 2.24) is 15.1 Å². The molecular weight excluding hydrogens is 589 g/mol. The summed E-state index contributed by atoms with van der Waals surface area (Å²) in [5, 5.41) is 6.30. The third-order valence-corrected chi connectivity index (χ3v) is 8.29. The molecule has 1 amide bonds. The number of nitrogens with zero attached hydrogens (tertiary/aromatic N) is 4. The van der Waals surface area contributed by atoms with Crippen LogP contribution in [0.1, 0.15) is 92.1 Å². The first-order valence-corrected chi connectivity index (χ1v) is 17.3. The predicted molar refractivity (Wildman–Crippen MR) is 188 cm³/mol. The van der Waals surface area contributed by atoms with Crippen molar-refractivity contribution in [2.45, 2.75) is 99.1 Å². The van der Waals surface area contributed by atoms with Crippen LogP contribution in [0.15, 0.2) is 46.7 Å². The van der Waals surface area contributed by atoms with Crippen LogP contribution in [0.2, 0.25) is 0 Å². The fourth-order valence-electron chi connectivity index (χ4n) is 5.50. The first-order valence-electron chi connectivity index (χ1n) is 17.3. The number of benzene rings is 1. The minimum atomic E-state index is -4.60. The number of unbranched alkanes of at least 4 members (excludes halogenated alkanes) is 3. The molecule has 1 aliphatic rings. The maximum Gasteiger partial charge on any atom is 0.419 e. The van der Waals surface area contributed by atoms with Crippen LogP contribution in [0.3, 0.4) is 0 Å². The summed E-state index contributed by atoms with van der Waals surface area (Å²) in [6, 6.07) is 6.22. The van der Waals surface area contributed by atoms with Gasteiger partial charge in [0.2, 0.25) is 5.91 Å². The molecule has 1 aromatic rings. The summed E-state index contributed by atoms with van der Waals surface area (Å²) >= 11 is 0. The SMILES string of the molecule is CCC/C=C(NCC(C)CN(CCC)C(=O)CCCCC)/C(=C\N=C(C)Nc1ccc(N2CCN(C)CC2)cc1CC)C(F)(F)F. The van der Waals surface area contributed by atoms with Gasteiger partial charge in [-0.15, -0.1) is 0 Å². The highest BCUT2D eigenvalue weighted by Crippen LogP contribution is 2.31. The van der Waals surface area contributed by atoms with Gasteiger partial charge in [-0.2, -0.15) is 13.2 Å². The third-order valence-electron chi connectivity index (χ3n) is 8.29. The molecule has 0 aromatic heterocycles. The Kier molecular flexibility index (Phi) is 17.3. The van der Waals surface area contributed by atoms with Crippen molar-refractivity contribution in [3.63, 3.8) is 0 Å². The molecule has 1 fully saturated rings. The summed E-state index contributed by atoms with van der Waals surface area (Å²) in [6.45, 7) is 17.2. The second-order valence-electron chi connectivity index (χ2n) is 12.6. The van der Waals surface area contributed by atoms with Crippen molar-refractivity contribution in [3.05, 3.63) is 47.3 Å². The second-order valence-corrected chi connectivity index (χ2v) is 12.6. The van der Waals surface area contributed by atoms with Crippen molar-refractivity contribution in [3.8, 4) is 0 Å². The number of piperazine rings is 1. The number of amides is 1. The van der Waals surface area contributed by atoms with E-state index in [1.54, 1.807) is 13.0 Å². The molecule has 10 heteroatoms. The summed E-state index contributed by atoms with van der Waals surface area (Å²) in [4.78, 5) is 23.6. The number of carbonyl (C=O) groups excluding carboxylic acids is 1. The van der Waals surface area contributed by atoms with E-state index in [0.717, 1.165) is 87.8 Å². The maximum absolute atomic E-state index is 14.4. The zero-order valence-corrected chi connectivity index (χ0v) is 29.4. The van der Waals surface area contributed by atoms with E-state index < -0.39 is 11.7 Å². The number of alkyl halides is 3. The smallest absolute Gasteiger partial charge is 0.384 e. The lowest BCUT2D eigenvalue weighted by molar-refractivity contribution is -0.132. The molecule has 1 unspecified atom stereocenters. The number of hydrogen-bond donors (Lipinski definition) is 2. The molecule has 0 aliphatic carbocycles. The Labute approximate surface area is 276 Å². The van der Waals surface area contributed by atoms with Crippen LogP contribution in [0.25, 0.3) is 0 Å². The standard InChI is InChI=1S/C36H59F3N6O/c1-8-12-14-16-35(46)45(19-10-3)27-28(5)25-41-34(15-13-9-2)32(36(37,38)39)26-40-29(6)42-33-18-17-31(24-30(33)11-4)44-22-20-43(7)21-23-44/h15,17-18,24,26,28,41H,8-14,16,19-23,25,27H2,1-7H3,(H,40,42)/b32-26+,34-15-. The van der Waals surface area contributed by atoms with Crippen molar-refractivity contribution >= 4 is 23.1 Å². The molecular formula is C36H59F3N6O. The van der Waals surface area contributed by atoms with Gasteiger partial charge in [-0.25, -0.2) is 4.99 Å². The summed E-state index contributed by atoms with van der Waals surface area (Å²) < 4.78 is 43.3. The van der Waals surface area contributed by atoms with E-state index >= 15 is 0 Å². The molecule has 0 bridgehead atoms. The molecule has 0 saturated carbocycles. The van der Waals surface area contributed by atoms with Crippen LogP contribution in [0.4, 0.5) is 24.5 Å². The Morgan fingerprint density at radius 3 is 2.39 bits per heavy atom. The number of nitrogens with one attached hydrogen (secondary N) is 2. The van der Waals surface area contributed by atoms with Crippen LogP contribution in [-0.2, 0) is 11.2 Å². The molecule has 2 rings (SSSR count). The zero-order valence-electron chi connectivity index (χ0n) is 29.4. The van der Waals surface area contributed by atoms with E-state index in [-0.39, 0.29) is 17.5 Å².